The minimum atomic E-state index is 0.301. The molecular weight excluding hydrogens is 218 g/mol. The molecule has 0 aliphatic heterocycles. The van der Waals surface area contributed by atoms with Crippen LogP contribution in [0.4, 0.5) is 0 Å². The third-order valence-corrected chi connectivity index (χ3v) is 3.29. The summed E-state index contributed by atoms with van der Waals surface area (Å²) in [5.41, 5.74) is 6.99. The molecule has 0 bridgehead atoms. The molecule has 0 aliphatic rings. The number of hydrogen-bond donors (Lipinski definition) is 1. The summed E-state index contributed by atoms with van der Waals surface area (Å²) in [7, 11) is 0. The van der Waals surface area contributed by atoms with Crippen LogP contribution in [0.25, 0.3) is 0 Å². The van der Waals surface area contributed by atoms with E-state index >= 15 is 0 Å². The highest BCUT2D eigenvalue weighted by Gasteiger charge is 2.02. The van der Waals surface area contributed by atoms with Gasteiger partial charge in [0.25, 0.3) is 0 Å². The number of ether oxygens (including phenoxy) is 1. The van der Waals surface area contributed by atoms with Crippen LogP contribution >= 0.6 is 11.8 Å². The van der Waals surface area contributed by atoms with Gasteiger partial charge < -0.3 is 10.5 Å². The van der Waals surface area contributed by atoms with Crippen molar-refractivity contribution in [2.45, 2.75) is 32.1 Å². The van der Waals surface area contributed by atoms with Crippen molar-refractivity contribution in [3.63, 3.8) is 0 Å². The van der Waals surface area contributed by atoms with Crippen molar-refractivity contribution < 1.29 is 4.74 Å². The molecule has 2 nitrogen and oxygen atoms in total. The van der Waals surface area contributed by atoms with Crippen molar-refractivity contribution >= 4 is 11.8 Å². The van der Waals surface area contributed by atoms with Crippen LogP contribution < -0.4 is 10.5 Å². The van der Waals surface area contributed by atoms with Crippen molar-refractivity contribution in [2.24, 2.45) is 5.73 Å². The molecule has 1 aromatic carbocycles. The van der Waals surface area contributed by atoms with Crippen LogP contribution in [-0.4, -0.2) is 18.4 Å². The van der Waals surface area contributed by atoms with Crippen LogP contribution in [0.3, 0.4) is 0 Å². The zero-order valence-electron chi connectivity index (χ0n) is 10.1. The predicted molar refractivity (Wildman–Crippen MR) is 72.0 cm³/mol. The van der Waals surface area contributed by atoms with E-state index in [1.54, 1.807) is 0 Å². The van der Waals surface area contributed by atoms with Gasteiger partial charge in [0, 0.05) is 17.4 Å². The highest BCUT2D eigenvalue weighted by molar-refractivity contribution is 7.98. The Labute approximate surface area is 103 Å². The topological polar surface area (TPSA) is 35.2 Å². The number of benzene rings is 1. The standard InChI is InChI=1S/C13H21NOS/c1-3-15-13-7-5-4-6-12(13)10-16-9-8-11(2)14/h4-7,11H,3,8-10,14H2,1-2H3. The SMILES string of the molecule is CCOc1ccccc1CSCCC(C)N. The van der Waals surface area contributed by atoms with E-state index in [1.807, 2.05) is 30.8 Å². The fourth-order valence-corrected chi connectivity index (χ4v) is 2.51. The molecule has 1 atom stereocenters. The lowest BCUT2D eigenvalue weighted by molar-refractivity contribution is 0.337. The Morgan fingerprint density at radius 1 is 1.38 bits per heavy atom. The summed E-state index contributed by atoms with van der Waals surface area (Å²) in [4.78, 5) is 0. The highest BCUT2D eigenvalue weighted by atomic mass is 32.2. The second kappa shape index (κ2) is 7.58. The van der Waals surface area contributed by atoms with E-state index < -0.39 is 0 Å². The fourth-order valence-electron chi connectivity index (χ4n) is 1.37. The fraction of sp³-hybridized carbons (Fsp3) is 0.538. The molecule has 0 fully saturated rings. The van der Waals surface area contributed by atoms with Gasteiger partial charge in [0.05, 0.1) is 6.61 Å². The normalized spacial score (nSPS) is 12.4. The smallest absolute Gasteiger partial charge is 0.123 e. The van der Waals surface area contributed by atoms with Crippen molar-refractivity contribution in [1.29, 1.82) is 0 Å². The molecule has 0 saturated carbocycles. The molecule has 2 N–H and O–H groups in total. The van der Waals surface area contributed by atoms with E-state index in [2.05, 4.69) is 19.1 Å². The minimum absolute atomic E-state index is 0.301. The molecule has 0 aromatic heterocycles. The van der Waals surface area contributed by atoms with Gasteiger partial charge in [0.1, 0.15) is 5.75 Å². The number of rotatable bonds is 7. The summed E-state index contributed by atoms with van der Waals surface area (Å²) in [6.07, 6.45) is 1.07. The van der Waals surface area contributed by atoms with Crippen LogP contribution in [0.5, 0.6) is 5.75 Å². The first-order valence-electron chi connectivity index (χ1n) is 5.78. The molecule has 0 amide bonds. The van der Waals surface area contributed by atoms with Crippen LogP contribution in [0.15, 0.2) is 24.3 Å². The van der Waals surface area contributed by atoms with Gasteiger partial charge in [-0.05, 0) is 32.1 Å². The Kier molecular flexibility index (Phi) is 6.34. The molecular formula is C13H21NOS. The van der Waals surface area contributed by atoms with Crippen molar-refractivity contribution in [3.8, 4) is 5.75 Å². The Hall–Kier alpha value is -0.670. The van der Waals surface area contributed by atoms with Crippen molar-refractivity contribution in [1.82, 2.24) is 0 Å². The van der Waals surface area contributed by atoms with Gasteiger partial charge in [-0.1, -0.05) is 18.2 Å². The molecule has 0 spiro atoms. The zero-order chi connectivity index (χ0) is 11.8. The van der Waals surface area contributed by atoms with E-state index in [4.69, 9.17) is 10.5 Å². The molecule has 1 rings (SSSR count). The van der Waals surface area contributed by atoms with Crippen molar-refractivity contribution in [3.05, 3.63) is 29.8 Å². The van der Waals surface area contributed by atoms with E-state index in [0.29, 0.717) is 6.04 Å². The molecule has 1 unspecified atom stereocenters. The lowest BCUT2D eigenvalue weighted by Gasteiger charge is -2.10. The molecule has 0 saturated heterocycles. The van der Waals surface area contributed by atoms with Crippen LogP contribution in [-0.2, 0) is 5.75 Å². The van der Waals surface area contributed by atoms with Crippen LogP contribution in [0, 0.1) is 0 Å². The largest absolute Gasteiger partial charge is 0.494 e. The Morgan fingerprint density at radius 3 is 2.81 bits per heavy atom. The maximum atomic E-state index is 5.71. The third-order valence-electron chi connectivity index (χ3n) is 2.25. The maximum absolute atomic E-state index is 5.71. The van der Waals surface area contributed by atoms with Gasteiger partial charge in [0.15, 0.2) is 0 Å². The molecule has 3 heteroatoms. The summed E-state index contributed by atoms with van der Waals surface area (Å²) in [6.45, 7) is 4.79. The number of hydrogen-bond acceptors (Lipinski definition) is 3. The number of nitrogens with two attached hydrogens (primary N) is 1. The Balaban J connectivity index is 2.40. The molecule has 0 radical (unpaired) electrons. The average molecular weight is 239 g/mol. The highest BCUT2D eigenvalue weighted by Crippen LogP contribution is 2.23. The summed E-state index contributed by atoms with van der Waals surface area (Å²) in [6, 6.07) is 8.54. The molecule has 90 valence electrons. The molecule has 16 heavy (non-hydrogen) atoms. The Morgan fingerprint density at radius 2 is 2.12 bits per heavy atom. The molecule has 0 aliphatic carbocycles. The number of para-hydroxylation sites is 1. The van der Waals surface area contributed by atoms with E-state index in [0.717, 1.165) is 30.3 Å². The first-order chi connectivity index (χ1) is 7.74. The summed E-state index contributed by atoms with van der Waals surface area (Å²) in [5.74, 6) is 3.12. The third kappa shape index (κ3) is 4.90. The summed E-state index contributed by atoms with van der Waals surface area (Å²) in [5, 5.41) is 0. The predicted octanol–water partition coefficient (Wildman–Crippen LogP) is 3.06. The van der Waals surface area contributed by atoms with Gasteiger partial charge in [-0.15, -0.1) is 0 Å². The summed E-state index contributed by atoms with van der Waals surface area (Å²) < 4.78 is 5.58. The Bertz CT molecular complexity index is 302. The quantitative estimate of drug-likeness (QED) is 0.743. The molecule has 0 heterocycles. The average Bonchev–Trinajstić information content (AvgIpc) is 2.26. The van der Waals surface area contributed by atoms with E-state index in [-0.39, 0.29) is 0 Å². The van der Waals surface area contributed by atoms with E-state index in [1.165, 1.54) is 5.56 Å². The van der Waals surface area contributed by atoms with E-state index in [9.17, 15) is 0 Å². The minimum Gasteiger partial charge on any atom is -0.494 e. The molecule has 1 aromatic rings. The second-order valence-corrected chi connectivity index (χ2v) is 4.96. The maximum Gasteiger partial charge on any atom is 0.123 e. The lowest BCUT2D eigenvalue weighted by Crippen LogP contribution is -2.15. The lowest BCUT2D eigenvalue weighted by atomic mass is 10.2. The summed E-state index contributed by atoms with van der Waals surface area (Å²) >= 11 is 1.91. The van der Waals surface area contributed by atoms with Gasteiger partial charge in [0.2, 0.25) is 0 Å². The van der Waals surface area contributed by atoms with Gasteiger partial charge >= 0.3 is 0 Å². The van der Waals surface area contributed by atoms with Gasteiger partial charge in [-0.2, -0.15) is 11.8 Å². The van der Waals surface area contributed by atoms with Gasteiger partial charge in [-0.3, -0.25) is 0 Å². The second-order valence-electron chi connectivity index (χ2n) is 3.86. The van der Waals surface area contributed by atoms with Crippen molar-refractivity contribution in [2.75, 3.05) is 12.4 Å². The number of thioether (sulfide) groups is 1. The first-order valence-corrected chi connectivity index (χ1v) is 6.93. The van der Waals surface area contributed by atoms with Crippen LogP contribution in [0.1, 0.15) is 25.8 Å². The first kappa shape index (κ1) is 13.4. The van der Waals surface area contributed by atoms with Crippen LogP contribution in [0.2, 0.25) is 0 Å². The zero-order valence-corrected chi connectivity index (χ0v) is 10.9. The van der Waals surface area contributed by atoms with Gasteiger partial charge in [-0.25, -0.2) is 0 Å². The monoisotopic (exact) mass is 239 g/mol.